The smallest absolute Gasteiger partial charge is 0.252 e. The van der Waals surface area contributed by atoms with Gasteiger partial charge in [0.05, 0.1) is 26.7 Å². The molecular formula is C28H26N2O4. The molecule has 0 fully saturated rings. The van der Waals surface area contributed by atoms with E-state index in [1.165, 1.54) is 0 Å². The molecule has 1 aliphatic heterocycles. The maximum atomic E-state index is 13.6. The van der Waals surface area contributed by atoms with Crippen molar-refractivity contribution in [3.8, 4) is 11.5 Å². The standard InChI is InChI=1S/C28H26N2O4/c1-33-24-15-19-12-13-30(27(18-8-4-3-5-9-18)22(19)17-25(24)34-2)26(31)16-21-14-20-10-6-7-11-23(20)29-28(21)32/h3-11,14-15,17,27H,12-13,16H2,1-2H3,(H,29,32). The van der Waals surface area contributed by atoms with Gasteiger partial charge in [-0.3, -0.25) is 9.59 Å². The van der Waals surface area contributed by atoms with Gasteiger partial charge in [0, 0.05) is 17.6 Å². The SMILES string of the molecule is COc1cc2c(cc1OC)C(c1ccccc1)N(C(=O)Cc1cc3ccccc3[nH]c1=O)CC2. The molecule has 0 saturated heterocycles. The van der Waals surface area contributed by atoms with Crippen LogP contribution in [0.2, 0.25) is 0 Å². The van der Waals surface area contributed by atoms with Gasteiger partial charge in [0.1, 0.15) is 0 Å². The highest BCUT2D eigenvalue weighted by Crippen LogP contribution is 2.41. The van der Waals surface area contributed by atoms with Crippen LogP contribution < -0.4 is 15.0 Å². The van der Waals surface area contributed by atoms with E-state index in [1.807, 2.05) is 77.7 Å². The molecule has 0 bridgehead atoms. The number of aromatic amines is 1. The zero-order valence-electron chi connectivity index (χ0n) is 19.2. The minimum absolute atomic E-state index is 0.0339. The number of H-pyrrole nitrogens is 1. The predicted octanol–water partition coefficient (Wildman–Crippen LogP) is 4.26. The summed E-state index contributed by atoms with van der Waals surface area (Å²) in [5.41, 5.74) is 4.14. The van der Waals surface area contributed by atoms with Gasteiger partial charge in [-0.05, 0) is 52.8 Å². The van der Waals surface area contributed by atoms with Crippen molar-refractivity contribution in [2.24, 2.45) is 0 Å². The summed E-state index contributed by atoms with van der Waals surface area (Å²) in [5, 5.41) is 0.908. The first-order valence-corrected chi connectivity index (χ1v) is 11.3. The summed E-state index contributed by atoms with van der Waals surface area (Å²) in [4.78, 5) is 31.1. The van der Waals surface area contributed by atoms with Crippen LogP contribution in [0.5, 0.6) is 11.5 Å². The zero-order valence-corrected chi connectivity index (χ0v) is 19.2. The molecule has 34 heavy (non-hydrogen) atoms. The quantitative estimate of drug-likeness (QED) is 0.489. The minimum Gasteiger partial charge on any atom is -0.493 e. The third-order valence-corrected chi connectivity index (χ3v) is 6.48. The van der Waals surface area contributed by atoms with Gasteiger partial charge in [0.15, 0.2) is 11.5 Å². The third kappa shape index (κ3) is 3.92. The van der Waals surface area contributed by atoms with Crippen LogP contribution in [0.1, 0.15) is 28.3 Å². The number of para-hydroxylation sites is 1. The highest BCUT2D eigenvalue weighted by atomic mass is 16.5. The molecule has 0 saturated carbocycles. The van der Waals surface area contributed by atoms with Gasteiger partial charge in [-0.15, -0.1) is 0 Å². The molecule has 2 heterocycles. The number of carbonyl (C=O) groups excluding carboxylic acids is 1. The Morgan fingerprint density at radius 3 is 2.44 bits per heavy atom. The fourth-order valence-electron chi connectivity index (χ4n) is 4.80. The van der Waals surface area contributed by atoms with Gasteiger partial charge in [-0.25, -0.2) is 0 Å². The van der Waals surface area contributed by atoms with Crippen molar-refractivity contribution >= 4 is 16.8 Å². The third-order valence-electron chi connectivity index (χ3n) is 6.48. The lowest BCUT2D eigenvalue weighted by molar-refractivity contribution is -0.132. The van der Waals surface area contributed by atoms with E-state index in [-0.39, 0.29) is 23.9 Å². The first-order valence-electron chi connectivity index (χ1n) is 11.3. The van der Waals surface area contributed by atoms with Gasteiger partial charge in [-0.2, -0.15) is 0 Å². The molecule has 6 nitrogen and oxygen atoms in total. The highest BCUT2D eigenvalue weighted by Gasteiger charge is 2.33. The number of carbonyl (C=O) groups is 1. The second kappa shape index (κ2) is 9.06. The fourth-order valence-corrected chi connectivity index (χ4v) is 4.80. The predicted molar refractivity (Wildman–Crippen MR) is 132 cm³/mol. The van der Waals surface area contributed by atoms with Crippen LogP contribution >= 0.6 is 0 Å². The van der Waals surface area contributed by atoms with Crippen LogP contribution in [-0.2, 0) is 17.6 Å². The van der Waals surface area contributed by atoms with E-state index in [4.69, 9.17) is 9.47 Å². The van der Waals surface area contributed by atoms with Crippen LogP contribution in [0.25, 0.3) is 10.9 Å². The normalized spacial score (nSPS) is 15.1. The Morgan fingerprint density at radius 1 is 0.971 bits per heavy atom. The summed E-state index contributed by atoms with van der Waals surface area (Å²) in [6, 6.07) is 23.0. The number of hydrogen-bond donors (Lipinski definition) is 1. The van der Waals surface area contributed by atoms with Crippen LogP contribution in [0.3, 0.4) is 0 Å². The van der Waals surface area contributed by atoms with Gasteiger partial charge >= 0.3 is 0 Å². The molecule has 5 rings (SSSR count). The number of methoxy groups -OCH3 is 2. The molecule has 1 aliphatic rings. The van der Waals surface area contributed by atoms with Gasteiger partial charge in [0.25, 0.3) is 5.56 Å². The topological polar surface area (TPSA) is 71.6 Å². The number of fused-ring (bicyclic) bond motifs is 2. The van der Waals surface area contributed by atoms with Crippen molar-refractivity contribution in [3.05, 3.63) is 105 Å². The summed E-state index contributed by atoms with van der Waals surface area (Å²) in [6.07, 6.45) is 0.727. The maximum Gasteiger partial charge on any atom is 0.252 e. The number of nitrogens with zero attached hydrogens (tertiary/aromatic N) is 1. The molecule has 1 amide bonds. The second-order valence-corrected chi connectivity index (χ2v) is 8.44. The average molecular weight is 455 g/mol. The maximum absolute atomic E-state index is 13.6. The van der Waals surface area contributed by atoms with Crippen LogP contribution in [0.15, 0.2) is 77.6 Å². The average Bonchev–Trinajstić information content (AvgIpc) is 2.88. The van der Waals surface area contributed by atoms with E-state index < -0.39 is 0 Å². The molecule has 1 atom stereocenters. The second-order valence-electron chi connectivity index (χ2n) is 8.44. The van der Waals surface area contributed by atoms with Gasteiger partial charge in [0.2, 0.25) is 5.91 Å². The number of nitrogens with one attached hydrogen (secondary N) is 1. The van der Waals surface area contributed by atoms with E-state index in [1.54, 1.807) is 14.2 Å². The van der Waals surface area contributed by atoms with Crippen molar-refractivity contribution in [2.45, 2.75) is 18.9 Å². The van der Waals surface area contributed by atoms with E-state index >= 15 is 0 Å². The molecule has 3 aromatic carbocycles. The van der Waals surface area contributed by atoms with Gasteiger partial charge in [-0.1, -0.05) is 48.5 Å². The largest absolute Gasteiger partial charge is 0.493 e. The Morgan fingerprint density at radius 2 is 1.68 bits per heavy atom. The van der Waals surface area contributed by atoms with Crippen LogP contribution in [0.4, 0.5) is 0 Å². The Labute approximate surface area is 197 Å². The fraction of sp³-hybridized carbons (Fsp3) is 0.214. The van der Waals surface area contributed by atoms with Crippen molar-refractivity contribution in [3.63, 3.8) is 0 Å². The molecule has 6 heteroatoms. The number of pyridine rings is 1. The summed E-state index contributed by atoms with van der Waals surface area (Å²) in [6.45, 7) is 0.548. The van der Waals surface area contributed by atoms with E-state index in [0.29, 0.717) is 30.0 Å². The Kier molecular flexibility index (Phi) is 5.80. The Hall–Kier alpha value is -4.06. The summed E-state index contributed by atoms with van der Waals surface area (Å²) in [5.74, 6) is 1.22. The molecule has 172 valence electrons. The molecule has 0 spiro atoms. The number of hydrogen-bond acceptors (Lipinski definition) is 4. The number of amides is 1. The van der Waals surface area contributed by atoms with Gasteiger partial charge < -0.3 is 19.4 Å². The number of rotatable bonds is 5. The van der Waals surface area contributed by atoms with Crippen molar-refractivity contribution in [2.75, 3.05) is 20.8 Å². The summed E-state index contributed by atoms with van der Waals surface area (Å²) in [7, 11) is 3.23. The lowest BCUT2D eigenvalue weighted by Crippen LogP contribution is -2.42. The Balaban J connectivity index is 1.55. The van der Waals surface area contributed by atoms with Crippen molar-refractivity contribution < 1.29 is 14.3 Å². The van der Waals surface area contributed by atoms with E-state index in [2.05, 4.69) is 4.98 Å². The molecule has 0 radical (unpaired) electrons. The van der Waals surface area contributed by atoms with Crippen molar-refractivity contribution in [1.82, 2.24) is 9.88 Å². The Bertz CT molecular complexity index is 1410. The molecule has 1 N–H and O–H groups in total. The zero-order chi connectivity index (χ0) is 23.7. The monoisotopic (exact) mass is 454 g/mol. The summed E-state index contributed by atoms with van der Waals surface area (Å²) >= 11 is 0. The molecule has 4 aromatic rings. The number of aromatic nitrogens is 1. The summed E-state index contributed by atoms with van der Waals surface area (Å²) < 4.78 is 11.1. The molecule has 0 aliphatic carbocycles. The number of benzene rings is 3. The minimum atomic E-state index is -0.281. The molecule has 1 unspecified atom stereocenters. The highest BCUT2D eigenvalue weighted by molar-refractivity contribution is 5.83. The van der Waals surface area contributed by atoms with E-state index in [9.17, 15) is 9.59 Å². The molecule has 1 aromatic heterocycles. The van der Waals surface area contributed by atoms with Crippen LogP contribution in [-0.4, -0.2) is 36.6 Å². The molecular weight excluding hydrogens is 428 g/mol. The van der Waals surface area contributed by atoms with Crippen LogP contribution in [0, 0.1) is 0 Å². The lowest BCUT2D eigenvalue weighted by Gasteiger charge is -2.38. The number of ether oxygens (including phenoxy) is 2. The van der Waals surface area contributed by atoms with Crippen molar-refractivity contribution in [1.29, 1.82) is 0 Å². The van der Waals surface area contributed by atoms with E-state index in [0.717, 1.165) is 27.6 Å². The lowest BCUT2D eigenvalue weighted by atomic mass is 9.87. The first kappa shape index (κ1) is 21.8. The first-order chi connectivity index (χ1) is 16.6.